The highest BCUT2D eigenvalue weighted by atomic mass is 16.6. The normalized spacial score (nSPS) is 13.2. The van der Waals surface area contributed by atoms with E-state index in [0.29, 0.717) is 28.4 Å². The SMILES string of the molecule is COc1cc(NC(=O)c2ccc(N3CCCCC3)c([N+](=O)[O-])c2)ccc1NC(=O)c1cc2ccccc2o1. The van der Waals surface area contributed by atoms with Crippen molar-refractivity contribution >= 4 is 45.5 Å². The number of nitro benzene ring substituents is 1. The zero-order chi connectivity index (χ0) is 26.6. The van der Waals surface area contributed by atoms with Gasteiger partial charge in [-0.15, -0.1) is 0 Å². The van der Waals surface area contributed by atoms with Gasteiger partial charge < -0.3 is 24.7 Å². The Bertz CT molecular complexity index is 1490. The molecule has 3 aromatic carbocycles. The number of piperidine rings is 1. The van der Waals surface area contributed by atoms with Crippen LogP contribution in [0.2, 0.25) is 0 Å². The highest BCUT2D eigenvalue weighted by Gasteiger charge is 2.23. The average molecular weight is 515 g/mol. The lowest BCUT2D eigenvalue weighted by Gasteiger charge is -2.28. The summed E-state index contributed by atoms with van der Waals surface area (Å²) in [5, 5.41) is 18.1. The summed E-state index contributed by atoms with van der Waals surface area (Å²) in [5.74, 6) is -0.476. The van der Waals surface area contributed by atoms with Crippen LogP contribution in [-0.2, 0) is 0 Å². The number of methoxy groups -OCH3 is 1. The van der Waals surface area contributed by atoms with Crippen LogP contribution in [-0.4, -0.2) is 36.9 Å². The molecule has 0 unspecified atom stereocenters. The molecule has 10 heteroatoms. The molecule has 4 aromatic rings. The Morgan fingerprint density at radius 2 is 1.74 bits per heavy atom. The van der Waals surface area contributed by atoms with Crippen LogP contribution >= 0.6 is 0 Å². The molecule has 0 radical (unpaired) electrons. The fourth-order valence-corrected chi connectivity index (χ4v) is 4.57. The summed E-state index contributed by atoms with van der Waals surface area (Å²) in [4.78, 5) is 39.0. The van der Waals surface area contributed by atoms with Crippen LogP contribution in [0, 0.1) is 10.1 Å². The predicted molar refractivity (Wildman–Crippen MR) is 144 cm³/mol. The highest BCUT2D eigenvalue weighted by molar-refractivity contribution is 6.07. The van der Waals surface area contributed by atoms with Crippen molar-refractivity contribution in [2.24, 2.45) is 0 Å². The number of hydrogen-bond donors (Lipinski definition) is 2. The number of carbonyl (C=O) groups is 2. The smallest absolute Gasteiger partial charge is 0.293 e. The number of anilines is 3. The lowest BCUT2D eigenvalue weighted by molar-refractivity contribution is -0.384. The van der Waals surface area contributed by atoms with Gasteiger partial charge >= 0.3 is 0 Å². The molecular weight excluding hydrogens is 488 g/mol. The number of para-hydroxylation sites is 1. The van der Waals surface area contributed by atoms with E-state index in [4.69, 9.17) is 9.15 Å². The highest BCUT2D eigenvalue weighted by Crippen LogP contribution is 2.33. The fraction of sp³-hybridized carbons (Fsp3) is 0.214. The molecule has 1 fully saturated rings. The number of fused-ring (bicyclic) bond motifs is 1. The van der Waals surface area contributed by atoms with Crippen LogP contribution in [0.3, 0.4) is 0 Å². The van der Waals surface area contributed by atoms with E-state index in [0.717, 1.165) is 37.7 Å². The molecule has 0 bridgehead atoms. The number of nitrogens with zero attached hydrogens (tertiary/aromatic N) is 2. The molecule has 1 aliphatic rings. The Balaban J connectivity index is 1.31. The van der Waals surface area contributed by atoms with Gasteiger partial charge in [-0.1, -0.05) is 18.2 Å². The molecule has 0 saturated carbocycles. The molecule has 0 atom stereocenters. The second kappa shape index (κ2) is 10.6. The topological polar surface area (TPSA) is 127 Å². The van der Waals surface area contributed by atoms with E-state index >= 15 is 0 Å². The first kappa shape index (κ1) is 24.8. The molecule has 38 heavy (non-hydrogen) atoms. The summed E-state index contributed by atoms with van der Waals surface area (Å²) < 4.78 is 11.0. The number of ether oxygens (including phenoxy) is 1. The van der Waals surface area contributed by atoms with Crippen molar-refractivity contribution in [2.75, 3.05) is 35.7 Å². The van der Waals surface area contributed by atoms with Gasteiger partial charge in [0.15, 0.2) is 5.76 Å². The average Bonchev–Trinajstić information content (AvgIpc) is 3.38. The van der Waals surface area contributed by atoms with E-state index in [1.807, 2.05) is 23.1 Å². The molecular formula is C28H26N4O6. The maximum atomic E-state index is 12.9. The predicted octanol–water partition coefficient (Wildman–Crippen LogP) is 5.84. The van der Waals surface area contributed by atoms with Gasteiger partial charge in [0.2, 0.25) is 0 Å². The standard InChI is InChI=1S/C28H26N4O6/c1-37-25-17-20(10-11-21(25)30-28(34)26-16-18-7-3-4-8-24(18)38-26)29-27(33)19-9-12-22(23(15-19)32(35)36)31-13-5-2-6-14-31/h3-4,7-12,15-17H,2,5-6,13-14H2,1H3,(H,29,33)(H,30,34). The van der Waals surface area contributed by atoms with Crippen LogP contribution in [0.1, 0.15) is 40.2 Å². The lowest BCUT2D eigenvalue weighted by Crippen LogP contribution is -2.30. The first-order valence-electron chi connectivity index (χ1n) is 12.3. The third-order valence-corrected chi connectivity index (χ3v) is 6.49. The van der Waals surface area contributed by atoms with Gasteiger partial charge in [-0.25, -0.2) is 0 Å². The molecule has 2 N–H and O–H groups in total. The van der Waals surface area contributed by atoms with Crippen molar-refractivity contribution in [3.8, 4) is 5.75 Å². The maximum absolute atomic E-state index is 12.9. The van der Waals surface area contributed by atoms with E-state index in [-0.39, 0.29) is 17.0 Å². The van der Waals surface area contributed by atoms with Crippen LogP contribution in [0.25, 0.3) is 11.0 Å². The minimum Gasteiger partial charge on any atom is -0.494 e. The van der Waals surface area contributed by atoms with Gasteiger partial charge in [0.25, 0.3) is 17.5 Å². The van der Waals surface area contributed by atoms with Crippen LogP contribution in [0.4, 0.5) is 22.7 Å². The number of nitrogens with one attached hydrogen (secondary N) is 2. The van der Waals surface area contributed by atoms with Crippen molar-refractivity contribution < 1.29 is 23.7 Å². The summed E-state index contributed by atoms with van der Waals surface area (Å²) in [7, 11) is 1.44. The second-order valence-corrected chi connectivity index (χ2v) is 8.98. The molecule has 5 rings (SSSR count). The van der Waals surface area contributed by atoms with E-state index < -0.39 is 16.7 Å². The molecule has 0 aliphatic carbocycles. The van der Waals surface area contributed by atoms with Crippen LogP contribution in [0.5, 0.6) is 5.75 Å². The minimum atomic E-state index is -0.501. The number of carbonyl (C=O) groups excluding carboxylic acids is 2. The Hall–Kier alpha value is -4.86. The largest absolute Gasteiger partial charge is 0.494 e. The molecule has 194 valence electrons. The number of amides is 2. The van der Waals surface area contributed by atoms with Gasteiger partial charge in [-0.05, 0) is 55.7 Å². The third kappa shape index (κ3) is 5.15. The van der Waals surface area contributed by atoms with Crippen LogP contribution in [0.15, 0.2) is 71.1 Å². The van der Waals surface area contributed by atoms with Crippen molar-refractivity contribution in [2.45, 2.75) is 19.3 Å². The summed E-state index contributed by atoms with van der Waals surface area (Å²) in [6.07, 6.45) is 3.07. The van der Waals surface area contributed by atoms with Gasteiger partial charge in [0, 0.05) is 41.9 Å². The Morgan fingerprint density at radius 3 is 2.47 bits per heavy atom. The Kier molecular flexibility index (Phi) is 6.94. The second-order valence-electron chi connectivity index (χ2n) is 8.98. The van der Waals surface area contributed by atoms with Gasteiger partial charge in [0.05, 0.1) is 17.7 Å². The molecule has 1 saturated heterocycles. The van der Waals surface area contributed by atoms with Crippen molar-refractivity contribution in [1.82, 2.24) is 0 Å². The number of nitro groups is 1. The number of furan rings is 1. The quantitative estimate of drug-likeness (QED) is 0.234. The summed E-state index contributed by atoms with van der Waals surface area (Å²) in [6.45, 7) is 1.51. The summed E-state index contributed by atoms with van der Waals surface area (Å²) >= 11 is 0. The minimum absolute atomic E-state index is 0.0965. The Labute approximate surface area is 218 Å². The molecule has 2 heterocycles. The molecule has 10 nitrogen and oxygen atoms in total. The molecule has 2 amide bonds. The summed E-state index contributed by atoms with van der Waals surface area (Å²) in [5.41, 5.74) is 1.98. The fourth-order valence-electron chi connectivity index (χ4n) is 4.57. The van der Waals surface area contributed by atoms with E-state index in [2.05, 4.69) is 10.6 Å². The maximum Gasteiger partial charge on any atom is 0.293 e. The zero-order valence-corrected chi connectivity index (χ0v) is 20.7. The van der Waals surface area contributed by atoms with Crippen molar-refractivity contribution in [3.05, 3.63) is 88.2 Å². The molecule has 1 aromatic heterocycles. The van der Waals surface area contributed by atoms with Gasteiger partial charge in [-0.2, -0.15) is 0 Å². The van der Waals surface area contributed by atoms with Crippen molar-refractivity contribution in [1.29, 1.82) is 0 Å². The van der Waals surface area contributed by atoms with E-state index in [1.165, 1.54) is 13.2 Å². The van der Waals surface area contributed by atoms with Gasteiger partial charge in [0.1, 0.15) is 17.0 Å². The Morgan fingerprint density at radius 1 is 0.947 bits per heavy atom. The lowest BCUT2D eigenvalue weighted by atomic mass is 10.1. The van der Waals surface area contributed by atoms with E-state index in [1.54, 1.807) is 42.5 Å². The molecule has 0 spiro atoms. The van der Waals surface area contributed by atoms with Crippen molar-refractivity contribution in [3.63, 3.8) is 0 Å². The van der Waals surface area contributed by atoms with Crippen LogP contribution < -0.4 is 20.3 Å². The molecule has 1 aliphatic heterocycles. The first-order chi connectivity index (χ1) is 18.4. The first-order valence-corrected chi connectivity index (χ1v) is 12.3. The number of rotatable bonds is 7. The van der Waals surface area contributed by atoms with E-state index in [9.17, 15) is 19.7 Å². The third-order valence-electron chi connectivity index (χ3n) is 6.49. The monoisotopic (exact) mass is 514 g/mol. The zero-order valence-electron chi connectivity index (χ0n) is 20.7. The summed E-state index contributed by atoms with van der Waals surface area (Å²) in [6, 6.07) is 18.2. The number of benzene rings is 3. The number of hydrogen-bond acceptors (Lipinski definition) is 7. The van der Waals surface area contributed by atoms with Gasteiger partial charge in [-0.3, -0.25) is 19.7 Å².